The fraction of sp³-hybridized carbons (Fsp3) is 0.133. The Kier molecular flexibility index (Phi) is 5.85. The van der Waals surface area contributed by atoms with Crippen molar-refractivity contribution < 1.29 is 12.8 Å². The Morgan fingerprint density at radius 1 is 1.05 bits per heavy atom. The fourth-order valence-electron chi connectivity index (χ4n) is 1.81. The second-order valence-electron chi connectivity index (χ2n) is 4.22. The summed E-state index contributed by atoms with van der Waals surface area (Å²) >= 11 is 0. The van der Waals surface area contributed by atoms with E-state index in [0.717, 1.165) is 11.3 Å². The van der Waals surface area contributed by atoms with Gasteiger partial charge in [0.2, 0.25) is 0 Å². The molecule has 3 nitrogen and oxygen atoms in total. The summed E-state index contributed by atoms with van der Waals surface area (Å²) in [6, 6.07) is 12.8. The first-order valence-corrected chi connectivity index (χ1v) is 5.75. The van der Waals surface area contributed by atoms with Crippen LogP contribution in [-0.4, -0.2) is 48.8 Å². The van der Waals surface area contributed by atoms with Gasteiger partial charge in [0.25, 0.3) is 0 Å². The van der Waals surface area contributed by atoms with Crippen molar-refractivity contribution in [2.24, 2.45) is 0 Å². The van der Waals surface area contributed by atoms with Gasteiger partial charge in [0.05, 0.1) is 11.3 Å². The number of hydrogen-bond acceptors (Lipinski definition) is 2. The summed E-state index contributed by atoms with van der Waals surface area (Å²) in [5, 5.41) is 12.3. The van der Waals surface area contributed by atoms with Crippen LogP contribution in [-0.2, 0) is 0 Å². The Labute approximate surface area is 145 Å². The Morgan fingerprint density at radius 3 is 2.37 bits per heavy atom. The number of hydrogen-bond donors (Lipinski definition) is 2. The van der Waals surface area contributed by atoms with E-state index in [4.69, 9.17) is 5.11 Å². The molecule has 0 aliphatic heterocycles. The van der Waals surface area contributed by atoms with Gasteiger partial charge in [-0.05, 0) is 43.2 Å². The van der Waals surface area contributed by atoms with E-state index in [1.54, 1.807) is 18.2 Å². The zero-order valence-corrected chi connectivity index (χ0v) is 13.3. The van der Waals surface area contributed by atoms with E-state index in [0.29, 0.717) is 5.69 Å². The topological polar surface area (TPSA) is 49.3 Å². The molecular weight excluding hydrogens is 266 g/mol. The molecular formula is C15H17CaNO2. The van der Waals surface area contributed by atoms with Crippen molar-refractivity contribution in [2.45, 2.75) is 13.8 Å². The number of carboxylic acid groups (broad SMARTS) is 1. The van der Waals surface area contributed by atoms with Crippen molar-refractivity contribution in [3.05, 3.63) is 59.2 Å². The molecule has 19 heavy (non-hydrogen) atoms. The number of aryl methyl sites for hydroxylation is 1. The summed E-state index contributed by atoms with van der Waals surface area (Å²) in [4.78, 5) is 11.1. The number of benzene rings is 2. The largest absolute Gasteiger partial charge is 2.00 e. The average Bonchev–Trinajstić information content (AvgIpc) is 2.35. The van der Waals surface area contributed by atoms with Crippen molar-refractivity contribution >= 4 is 55.1 Å². The van der Waals surface area contributed by atoms with Gasteiger partial charge in [0, 0.05) is 5.69 Å². The van der Waals surface area contributed by atoms with Crippen LogP contribution in [0.4, 0.5) is 11.4 Å². The zero-order valence-electron chi connectivity index (χ0n) is 13.1. The SMILES string of the molecule is Cc1cccc(Nc2ccccc2C(=O)O)c1C.[Ca+2].[H-].[H-]. The number of para-hydroxylation sites is 1. The molecule has 0 aromatic heterocycles. The minimum Gasteiger partial charge on any atom is -1.00 e. The van der Waals surface area contributed by atoms with E-state index >= 15 is 0 Å². The molecule has 0 radical (unpaired) electrons. The number of anilines is 2. The van der Waals surface area contributed by atoms with Gasteiger partial charge >= 0.3 is 43.7 Å². The predicted molar refractivity (Wildman–Crippen MR) is 80.6 cm³/mol. The molecule has 0 aliphatic carbocycles. The number of rotatable bonds is 3. The van der Waals surface area contributed by atoms with Crippen LogP contribution in [0.25, 0.3) is 0 Å². The van der Waals surface area contributed by atoms with E-state index in [2.05, 4.69) is 5.32 Å². The molecule has 0 spiro atoms. The molecule has 0 aliphatic rings. The van der Waals surface area contributed by atoms with Crippen molar-refractivity contribution in [3.63, 3.8) is 0 Å². The normalized spacial score (nSPS) is 9.58. The van der Waals surface area contributed by atoms with E-state index in [1.807, 2.05) is 38.1 Å². The van der Waals surface area contributed by atoms with Crippen molar-refractivity contribution in [3.8, 4) is 0 Å². The van der Waals surface area contributed by atoms with Gasteiger partial charge in [0.15, 0.2) is 0 Å². The molecule has 2 aromatic carbocycles. The summed E-state index contributed by atoms with van der Waals surface area (Å²) in [6.07, 6.45) is 0. The van der Waals surface area contributed by atoms with Crippen LogP contribution in [0, 0.1) is 13.8 Å². The Bertz CT molecular complexity index is 606. The van der Waals surface area contributed by atoms with Gasteiger partial charge in [-0.3, -0.25) is 0 Å². The van der Waals surface area contributed by atoms with Gasteiger partial charge in [-0.15, -0.1) is 0 Å². The summed E-state index contributed by atoms with van der Waals surface area (Å²) < 4.78 is 0. The molecule has 2 rings (SSSR count). The number of nitrogens with one attached hydrogen (secondary N) is 1. The summed E-state index contributed by atoms with van der Waals surface area (Å²) in [5.74, 6) is -0.927. The van der Waals surface area contributed by atoms with E-state index in [-0.39, 0.29) is 46.2 Å². The molecule has 4 heteroatoms. The molecule has 0 saturated heterocycles. The van der Waals surface area contributed by atoms with Crippen LogP contribution in [0.2, 0.25) is 0 Å². The Morgan fingerprint density at radius 2 is 1.68 bits per heavy atom. The predicted octanol–water partition coefficient (Wildman–Crippen LogP) is 3.59. The van der Waals surface area contributed by atoms with Crippen LogP contribution < -0.4 is 5.32 Å². The molecule has 0 heterocycles. The molecule has 0 saturated carbocycles. The molecule has 0 unspecified atom stereocenters. The van der Waals surface area contributed by atoms with Crippen molar-refractivity contribution in [1.29, 1.82) is 0 Å². The van der Waals surface area contributed by atoms with Crippen molar-refractivity contribution in [2.75, 3.05) is 5.32 Å². The van der Waals surface area contributed by atoms with Gasteiger partial charge in [-0.1, -0.05) is 24.3 Å². The Balaban J connectivity index is 0. The third-order valence-electron chi connectivity index (χ3n) is 3.03. The van der Waals surface area contributed by atoms with Crippen LogP contribution in [0.1, 0.15) is 24.3 Å². The molecule has 0 bridgehead atoms. The first kappa shape index (κ1) is 16.0. The third-order valence-corrected chi connectivity index (χ3v) is 3.03. The summed E-state index contributed by atoms with van der Waals surface area (Å²) in [6.45, 7) is 4.05. The van der Waals surface area contributed by atoms with Crippen molar-refractivity contribution in [1.82, 2.24) is 0 Å². The maximum Gasteiger partial charge on any atom is 2.00 e. The van der Waals surface area contributed by atoms with Crippen LogP contribution >= 0.6 is 0 Å². The van der Waals surface area contributed by atoms with E-state index in [9.17, 15) is 4.79 Å². The monoisotopic (exact) mass is 283 g/mol. The van der Waals surface area contributed by atoms with Crippen LogP contribution in [0.15, 0.2) is 42.5 Å². The standard InChI is InChI=1S/C15H15NO2.Ca.2H/c1-10-6-5-9-13(11(10)2)16-14-8-4-3-7-12(14)15(17)18;;;/h3-9,16H,1-2H3,(H,17,18);;;/q;+2;2*-1. The van der Waals surface area contributed by atoms with Gasteiger partial charge in [-0.2, -0.15) is 0 Å². The third kappa shape index (κ3) is 3.72. The molecule has 0 amide bonds. The van der Waals surface area contributed by atoms with Crippen LogP contribution in [0.3, 0.4) is 0 Å². The van der Waals surface area contributed by atoms with Gasteiger partial charge in [0.1, 0.15) is 0 Å². The van der Waals surface area contributed by atoms with E-state index < -0.39 is 5.97 Å². The first-order valence-electron chi connectivity index (χ1n) is 5.75. The number of carboxylic acids is 1. The second-order valence-corrected chi connectivity index (χ2v) is 4.22. The maximum absolute atomic E-state index is 11.1. The molecule has 2 N–H and O–H groups in total. The number of aromatic carboxylic acids is 1. The van der Waals surface area contributed by atoms with E-state index in [1.165, 1.54) is 5.56 Å². The second kappa shape index (κ2) is 6.94. The van der Waals surface area contributed by atoms with Crippen LogP contribution in [0.5, 0.6) is 0 Å². The minimum absolute atomic E-state index is 0. The summed E-state index contributed by atoms with van der Waals surface area (Å²) in [5.41, 5.74) is 4.12. The Hall–Kier alpha value is -1.03. The zero-order chi connectivity index (χ0) is 13.1. The van der Waals surface area contributed by atoms with Gasteiger partial charge in [-0.25, -0.2) is 4.79 Å². The quantitative estimate of drug-likeness (QED) is 0.846. The number of carbonyl (C=O) groups is 1. The molecule has 2 aromatic rings. The summed E-state index contributed by atoms with van der Waals surface area (Å²) in [7, 11) is 0. The smallest absolute Gasteiger partial charge is 1.00 e. The molecule has 0 atom stereocenters. The first-order chi connectivity index (χ1) is 8.59. The maximum atomic E-state index is 11.1. The average molecular weight is 283 g/mol. The minimum atomic E-state index is -0.927. The molecule has 96 valence electrons. The molecule has 0 fully saturated rings. The fourth-order valence-corrected chi connectivity index (χ4v) is 1.81. The van der Waals surface area contributed by atoms with Gasteiger partial charge < -0.3 is 13.3 Å².